The van der Waals surface area contributed by atoms with Crippen molar-refractivity contribution in [3.05, 3.63) is 29.1 Å². The molecule has 3 saturated heterocycles. The quantitative estimate of drug-likeness (QED) is 0.740. The third kappa shape index (κ3) is 2.70. The molecule has 2 N–H and O–H groups in total. The van der Waals surface area contributed by atoms with Crippen molar-refractivity contribution in [2.45, 2.75) is 50.4 Å². The normalized spacial score (nSPS) is 30.0. The molecule has 8 heteroatoms. The molecule has 1 aromatic carbocycles. The van der Waals surface area contributed by atoms with Crippen LogP contribution in [-0.4, -0.2) is 53.8 Å². The smallest absolute Gasteiger partial charge is 0.255 e. The van der Waals surface area contributed by atoms with E-state index >= 15 is 0 Å². The highest BCUT2D eigenvalue weighted by molar-refractivity contribution is 6.06. The van der Waals surface area contributed by atoms with Crippen LogP contribution < -0.4 is 15.5 Å². The van der Waals surface area contributed by atoms with E-state index < -0.39 is 17.8 Å². The number of benzene rings is 1. The summed E-state index contributed by atoms with van der Waals surface area (Å²) in [6, 6.07) is 2.88. The summed E-state index contributed by atoms with van der Waals surface area (Å²) >= 11 is 0. The summed E-state index contributed by atoms with van der Waals surface area (Å²) in [5, 5.41) is 5.85. The molecule has 3 amide bonds. The number of anilines is 1. The molecule has 4 aliphatic rings. The number of carbonyl (C=O) groups is 3. The molecule has 142 valence electrons. The van der Waals surface area contributed by atoms with Gasteiger partial charge in [0.1, 0.15) is 11.9 Å². The number of hydrogen-bond donors (Lipinski definition) is 2. The van der Waals surface area contributed by atoms with E-state index in [2.05, 4.69) is 15.5 Å². The minimum absolute atomic E-state index is 0.207. The third-order valence-corrected chi connectivity index (χ3v) is 6.15. The molecular weight excluding hydrogens is 351 g/mol. The zero-order valence-corrected chi connectivity index (χ0v) is 14.8. The Morgan fingerprint density at radius 2 is 1.78 bits per heavy atom. The van der Waals surface area contributed by atoms with Crippen molar-refractivity contribution in [1.29, 1.82) is 0 Å². The summed E-state index contributed by atoms with van der Waals surface area (Å²) in [7, 11) is 0. The number of nitrogens with one attached hydrogen (secondary N) is 2. The topological polar surface area (TPSA) is 81.8 Å². The largest absolute Gasteiger partial charge is 0.368 e. The van der Waals surface area contributed by atoms with Crippen LogP contribution in [0.25, 0.3) is 0 Å². The van der Waals surface area contributed by atoms with Gasteiger partial charge in [0.25, 0.3) is 5.91 Å². The Morgan fingerprint density at radius 3 is 2.48 bits per heavy atom. The van der Waals surface area contributed by atoms with Gasteiger partial charge in [-0.3, -0.25) is 19.7 Å². The van der Waals surface area contributed by atoms with Crippen LogP contribution in [0.5, 0.6) is 0 Å². The molecule has 0 saturated carbocycles. The zero-order chi connectivity index (χ0) is 18.7. The molecule has 1 aromatic rings. The van der Waals surface area contributed by atoms with Gasteiger partial charge in [-0.25, -0.2) is 4.39 Å². The number of piperidine rings is 1. The molecule has 0 aromatic heterocycles. The number of hydrogen-bond acceptors (Lipinski definition) is 5. The van der Waals surface area contributed by atoms with Crippen molar-refractivity contribution >= 4 is 23.4 Å². The van der Waals surface area contributed by atoms with Gasteiger partial charge in [0.05, 0.1) is 0 Å². The van der Waals surface area contributed by atoms with Crippen molar-refractivity contribution in [1.82, 2.24) is 15.5 Å². The minimum Gasteiger partial charge on any atom is -0.368 e. The van der Waals surface area contributed by atoms with Gasteiger partial charge in [0, 0.05) is 55.0 Å². The average molecular weight is 372 g/mol. The Morgan fingerprint density at radius 1 is 1.04 bits per heavy atom. The first-order valence-electron chi connectivity index (χ1n) is 9.47. The highest BCUT2D eigenvalue weighted by atomic mass is 19.1. The fraction of sp³-hybridized carbons (Fsp3) is 0.526. The molecule has 2 bridgehead atoms. The lowest BCUT2D eigenvalue weighted by molar-refractivity contribution is -0.136. The molecule has 27 heavy (non-hydrogen) atoms. The van der Waals surface area contributed by atoms with Crippen LogP contribution in [0.2, 0.25) is 0 Å². The van der Waals surface area contributed by atoms with E-state index in [0.717, 1.165) is 37.2 Å². The van der Waals surface area contributed by atoms with Gasteiger partial charge >= 0.3 is 0 Å². The molecule has 0 aliphatic carbocycles. The maximum Gasteiger partial charge on any atom is 0.255 e. The number of carbonyl (C=O) groups excluding carboxylic acids is 3. The standard InChI is InChI=1S/C19H21FN4O3/c20-10-5-13-14(16(6-10)23-7-11-1-2-12(8-23)21-11)9-24(19(13)27)15-3-4-17(25)22-18(15)26/h5-6,11-12,15,21H,1-4,7-9H2,(H,22,25,26). The van der Waals surface area contributed by atoms with Crippen molar-refractivity contribution < 1.29 is 18.8 Å². The maximum atomic E-state index is 14.3. The van der Waals surface area contributed by atoms with E-state index in [0.29, 0.717) is 24.1 Å². The predicted molar refractivity (Wildman–Crippen MR) is 94.6 cm³/mol. The Hall–Kier alpha value is -2.48. The van der Waals surface area contributed by atoms with Crippen LogP contribution in [-0.2, 0) is 16.1 Å². The van der Waals surface area contributed by atoms with Gasteiger partial charge in [-0.2, -0.15) is 0 Å². The van der Waals surface area contributed by atoms with Gasteiger partial charge in [0.2, 0.25) is 11.8 Å². The molecule has 3 atom stereocenters. The number of amides is 3. The molecule has 4 aliphatic heterocycles. The summed E-state index contributed by atoms with van der Waals surface area (Å²) in [6.07, 6.45) is 2.74. The van der Waals surface area contributed by atoms with Gasteiger partial charge in [-0.05, 0) is 31.4 Å². The molecule has 3 unspecified atom stereocenters. The van der Waals surface area contributed by atoms with E-state index in [1.54, 1.807) is 0 Å². The van der Waals surface area contributed by atoms with Crippen molar-refractivity contribution in [2.75, 3.05) is 18.0 Å². The number of piperazine rings is 1. The molecular formula is C19H21FN4O3. The third-order valence-electron chi connectivity index (χ3n) is 6.15. The lowest BCUT2D eigenvalue weighted by Crippen LogP contribution is -2.52. The summed E-state index contributed by atoms with van der Waals surface area (Å²) in [6.45, 7) is 1.85. The molecule has 5 rings (SSSR count). The summed E-state index contributed by atoms with van der Waals surface area (Å²) in [4.78, 5) is 40.2. The summed E-state index contributed by atoms with van der Waals surface area (Å²) in [5.74, 6) is -1.54. The second kappa shape index (κ2) is 6.02. The van der Waals surface area contributed by atoms with Crippen molar-refractivity contribution in [2.24, 2.45) is 0 Å². The second-order valence-corrected chi connectivity index (χ2v) is 7.89. The molecule has 0 radical (unpaired) electrons. The number of fused-ring (bicyclic) bond motifs is 3. The van der Waals surface area contributed by atoms with E-state index in [1.807, 2.05) is 0 Å². The van der Waals surface area contributed by atoms with Gasteiger partial charge in [-0.1, -0.05) is 0 Å². The fourth-order valence-corrected chi connectivity index (χ4v) is 4.88. The second-order valence-electron chi connectivity index (χ2n) is 7.89. The van der Waals surface area contributed by atoms with E-state index in [1.165, 1.54) is 17.0 Å². The molecule has 7 nitrogen and oxygen atoms in total. The lowest BCUT2D eigenvalue weighted by Gasteiger charge is -2.36. The van der Waals surface area contributed by atoms with Gasteiger partial charge in [-0.15, -0.1) is 0 Å². The van der Waals surface area contributed by atoms with Crippen molar-refractivity contribution in [3.8, 4) is 0 Å². The average Bonchev–Trinajstić information content (AvgIpc) is 3.14. The number of rotatable bonds is 2. The predicted octanol–water partition coefficient (Wildman–Crippen LogP) is 0.527. The first-order chi connectivity index (χ1) is 13.0. The summed E-state index contributed by atoms with van der Waals surface area (Å²) in [5.41, 5.74) is 1.87. The molecule has 4 heterocycles. The number of imide groups is 1. The fourth-order valence-electron chi connectivity index (χ4n) is 4.88. The Bertz CT molecular complexity index is 846. The van der Waals surface area contributed by atoms with Crippen LogP contribution in [0.3, 0.4) is 0 Å². The van der Waals surface area contributed by atoms with Crippen LogP contribution >= 0.6 is 0 Å². The Labute approximate surface area is 155 Å². The first-order valence-corrected chi connectivity index (χ1v) is 9.47. The minimum atomic E-state index is -0.683. The zero-order valence-electron chi connectivity index (χ0n) is 14.8. The van der Waals surface area contributed by atoms with Gasteiger partial charge in [0.15, 0.2) is 0 Å². The first kappa shape index (κ1) is 16.7. The monoisotopic (exact) mass is 372 g/mol. The van der Waals surface area contributed by atoms with Crippen LogP contribution in [0, 0.1) is 5.82 Å². The highest BCUT2D eigenvalue weighted by Crippen LogP contribution is 2.37. The SMILES string of the molecule is O=C1CCC(N2Cc3c(cc(F)cc3N3CC4CCC(C3)N4)C2=O)C(=O)N1. The van der Waals surface area contributed by atoms with Crippen molar-refractivity contribution in [3.63, 3.8) is 0 Å². The van der Waals surface area contributed by atoms with Gasteiger partial charge < -0.3 is 15.1 Å². The maximum absolute atomic E-state index is 14.3. The Balaban J connectivity index is 1.47. The molecule has 3 fully saturated rings. The van der Waals surface area contributed by atoms with Crippen LogP contribution in [0.15, 0.2) is 12.1 Å². The lowest BCUT2D eigenvalue weighted by atomic mass is 10.0. The number of nitrogens with zero attached hydrogens (tertiary/aromatic N) is 2. The number of halogens is 1. The van der Waals surface area contributed by atoms with E-state index in [-0.39, 0.29) is 24.8 Å². The highest BCUT2D eigenvalue weighted by Gasteiger charge is 2.41. The van der Waals surface area contributed by atoms with E-state index in [9.17, 15) is 18.8 Å². The Kier molecular flexibility index (Phi) is 3.72. The summed E-state index contributed by atoms with van der Waals surface area (Å²) < 4.78 is 14.3. The van der Waals surface area contributed by atoms with E-state index in [4.69, 9.17) is 0 Å². The van der Waals surface area contributed by atoms with Crippen LogP contribution in [0.1, 0.15) is 41.6 Å². The molecule has 0 spiro atoms. The van der Waals surface area contributed by atoms with Crippen LogP contribution in [0.4, 0.5) is 10.1 Å².